The minimum atomic E-state index is -4.23. The van der Waals surface area contributed by atoms with Gasteiger partial charge in [0.2, 0.25) is 15.9 Å². The third-order valence-corrected chi connectivity index (χ3v) is 5.09. The van der Waals surface area contributed by atoms with Crippen molar-refractivity contribution in [3.63, 3.8) is 0 Å². The van der Waals surface area contributed by atoms with Gasteiger partial charge < -0.3 is 4.74 Å². The Bertz CT molecular complexity index is 894. The highest BCUT2D eigenvalue weighted by Crippen LogP contribution is 2.32. The lowest BCUT2D eigenvalue weighted by Gasteiger charge is -2.12. The summed E-state index contributed by atoms with van der Waals surface area (Å²) in [5, 5.41) is 0. The second kappa shape index (κ2) is 6.89. The van der Waals surface area contributed by atoms with E-state index in [9.17, 15) is 22.0 Å². The van der Waals surface area contributed by atoms with Gasteiger partial charge in [0.05, 0.1) is 19.1 Å². The molecule has 1 atom stereocenters. The zero-order chi connectivity index (χ0) is 18.0. The molecule has 2 aromatic rings. The molecule has 0 saturated heterocycles. The van der Waals surface area contributed by atoms with Gasteiger partial charge in [-0.05, 0) is 23.3 Å². The number of ether oxygens (including phenoxy) is 1. The van der Waals surface area contributed by atoms with Gasteiger partial charge in [0.15, 0.2) is 0 Å². The highest BCUT2D eigenvalue weighted by atomic mass is 32.2. The molecule has 3 rings (SSSR count). The van der Waals surface area contributed by atoms with E-state index >= 15 is 0 Å². The Morgan fingerprint density at radius 2 is 1.80 bits per heavy atom. The number of hydrogen-bond donors (Lipinski definition) is 1. The van der Waals surface area contributed by atoms with E-state index in [0.717, 1.165) is 29.3 Å². The first-order valence-corrected chi connectivity index (χ1v) is 9.16. The maximum absolute atomic E-state index is 13.6. The van der Waals surface area contributed by atoms with Crippen molar-refractivity contribution in [2.45, 2.75) is 24.9 Å². The summed E-state index contributed by atoms with van der Waals surface area (Å²) in [6.45, 7) is 0.349. The van der Waals surface area contributed by atoms with Crippen molar-refractivity contribution in [1.82, 2.24) is 4.72 Å². The van der Waals surface area contributed by atoms with Gasteiger partial charge in [0.1, 0.15) is 17.4 Å². The summed E-state index contributed by atoms with van der Waals surface area (Å²) in [6, 6.07) is 10.4. The number of rotatable bonds is 5. The third-order valence-electron chi connectivity index (χ3n) is 3.88. The fraction of sp³-hybridized carbons (Fsp3) is 0.235. The summed E-state index contributed by atoms with van der Waals surface area (Å²) in [5.74, 6) is -3.71. The van der Waals surface area contributed by atoms with Gasteiger partial charge in [0.25, 0.3) is 0 Å². The number of carbonyl (C=O) groups excluding carboxylic acids is 1. The zero-order valence-electron chi connectivity index (χ0n) is 13.0. The van der Waals surface area contributed by atoms with Crippen LogP contribution in [0.2, 0.25) is 0 Å². The lowest BCUT2D eigenvalue weighted by molar-refractivity contribution is -0.122. The normalized spacial score (nSPS) is 16.5. The molecular weight excluding hydrogens is 352 g/mol. The first kappa shape index (κ1) is 17.5. The SMILES string of the molecule is O=C(CC1OCc2ccccc21)NS(=O)(=O)Cc1c(F)cccc1F. The van der Waals surface area contributed by atoms with Crippen LogP contribution >= 0.6 is 0 Å². The smallest absolute Gasteiger partial charge is 0.239 e. The minimum Gasteiger partial charge on any atom is -0.368 e. The van der Waals surface area contributed by atoms with Crippen LogP contribution in [0.15, 0.2) is 42.5 Å². The summed E-state index contributed by atoms with van der Waals surface area (Å²) in [5.41, 5.74) is 1.16. The fourth-order valence-electron chi connectivity index (χ4n) is 2.71. The van der Waals surface area contributed by atoms with Gasteiger partial charge in [-0.15, -0.1) is 0 Å². The number of hydrogen-bond acceptors (Lipinski definition) is 4. The summed E-state index contributed by atoms with van der Waals surface area (Å²) >= 11 is 0. The van der Waals surface area contributed by atoms with Crippen molar-refractivity contribution in [1.29, 1.82) is 0 Å². The number of sulfonamides is 1. The van der Waals surface area contributed by atoms with Crippen LogP contribution in [0.4, 0.5) is 8.78 Å². The van der Waals surface area contributed by atoms with Gasteiger partial charge in [-0.1, -0.05) is 30.3 Å². The Kier molecular flexibility index (Phi) is 4.82. The number of carbonyl (C=O) groups is 1. The van der Waals surface area contributed by atoms with Crippen molar-refractivity contribution < 1.29 is 26.7 Å². The van der Waals surface area contributed by atoms with Crippen LogP contribution in [0.1, 0.15) is 29.2 Å². The first-order valence-electron chi connectivity index (χ1n) is 7.51. The van der Waals surface area contributed by atoms with E-state index in [0.29, 0.717) is 6.61 Å². The Morgan fingerprint density at radius 1 is 1.12 bits per heavy atom. The number of fused-ring (bicyclic) bond motifs is 1. The average molecular weight is 367 g/mol. The highest BCUT2D eigenvalue weighted by Gasteiger charge is 2.27. The maximum atomic E-state index is 13.6. The molecule has 1 heterocycles. The van der Waals surface area contributed by atoms with E-state index < -0.39 is 45.0 Å². The molecule has 25 heavy (non-hydrogen) atoms. The molecule has 0 spiro atoms. The molecule has 5 nitrogen and oxygen atoms in total. The van der Waals surface area contributed by atoms with Crippen LogP contribution in [0.5, 0.6) is 0 Å². The molecule has 2 aromatic carbocycles. The van der Waals surface area contributed by atoms with Gasteiger partial charge in [-0.3, -0.25) is 9.52 Å². The van der Waals surface area contributed by atoms with Crippen molar-refractivity contribution in [2.24, 2.45) is 0 Å². The highest BCUT2D eigenvalue weighted by molar-refractivity contribution is 7.89. The lowest BCUT2D eigenvalue weighted by Crippen LogP contribution is -2.33. The Balaban J connectivity index is 1.66. The fourth-order valence-corrected chi connectivity index (χ4v) is 3.87. The number of nitrogens with one attached hydrogen (secondary N) is 1. The molecule has 0 bridgehead atoms. The molecule has 0 aliphatic carbocycles. The zero-order valence-corrected chi connectivity index (χ0v) is 13.9. The molecule has 8 heteroatoms. The van der Waals surface area contributed by atoms with Crippen LogP contribution in [0.3, 0.4) is 0 Å². The monoisotopic (exact) mass is 367 g/mol. The van der Waals surface area contributed by atoms with E-state index in [1.54, 1.807) is 6.07 Å². The molecular formula is C17H15F2NO4S. The largest absolute Gasteiger partial charge is 0.368 e. The number of amides is 1. The molecule has 0 saturated carbocycles. The van der Waals surface area contributed by atoms with Crippen molar-refractivity contribution >= 4 is 15.9 Å². The molecule has 132 valence electrons. The van der Waals surface area contributed by atoms with Crippen LogP contribution in [0, 0.1) is 11.6 Å². The molecule has 1 N–H and O–H groups in total. The molecule has 1 aliphatic heterocycles. The van der Waals surface area contributed by atoms with Gasteiger partial charge in [-0.25, -0.2) is 17.2 Å². The average Bonchev–Trinajstić information content (AvgIpc) is 2.94. The van der Waals surface area contributed by atoms with Crippen LogP contribution in [0.25, 0.3) is 0 Å². The van der Waals surface area contributed by atoms with Crippen LogP contribution in [-0.2, 0) is 31.9 Å². The summed E-state index contributed by atoms with van der Waals surface area (Å²) in [4.78, 5) is 12.0. The van der Waals surface area contributed by atoms with Crippen LogP contribution < -0.4 is 4.72 Å². The molecule has 0 aromatic heterocycles. The van der Waals surface area contributed by atoms with Gasteiger partial charge >= 0.3 is 0 Å². The lowest BCUT2D eigenvalue weighted by atomic mass is 10.0. The minimum absolute atomic E-state index is 0.198. The Labute approximate surface area is 143 Å². The van der Waals surface area contributed by atoms with E-state index in [1.807, 2.05) is 22.9 Å². The summed E-state index contributed by atoms with van der Waals surface area (Å²) < 4.78 is 58.5. The maximum Gasteiger partial charge on any atom is 0.239 e. The van der Waals surface area contributed by atoms with Crippen molar-refractivity contribution in [3.05, 3.63) is 70.8 Å². The summed E-state index contributed by atoms with van der Waals surface area (Å²) in [6.07, 6.45) is -0.743. The topological polar surface area (TPSA) is 72.5 Å². The Morgan fingerprint density at radius 3 is 2.52 bits per heavy atom. The van der Waals surface area contributed by atoms with E-state index in [-0.39, 0.29) is 6.42 Å². The first-order chi connectivity index (χ1) is 11.9. The van der Waals surface area contributed by atoms with Gasteiger partial charge in [-0.2, -0.15) is 0 Å². The molecule has 1 unspecified atom stereocenters. The van der Waals surface area contributed by atoms with Gasteiger partial charge in [0, 0.05) is 5.56 Å². The molecule has 1 amide bonds. The molecule has 0 fully saturated rings. The summed E-state index contributed by atoms with van der Waals surface area (Å²) in [7, 11) is -4.23. The second-order valence-corrected chi connectivity index (χ2v) is 7.41. The molecule has 0 radical (unpaired) electrons. The molecule has 1 aliphatic rings. The predicted molar refractivity (Wildman–Crippen MR) is 85.7 cm³/mol. The van der Waals surface area contributed by atoms with E-state index in [2.05, 4.69) is 0 Å². The quantitative estimate of drug-likeness (QED) is 0.882. The third kappa shape index (κ3) is 4.02. The van der Waals surface area contributed by atoms with Crippen molar-refractivity contribution in [3.8, 4) is 0 Å². The Hall–Kier alpha value is -2.32. The standard InChI is InChI=1S/C17H15F2NO4S/c18-14-6-3-7-15(19)13(14)10-25(22,23)20-17(21)8-16-12-5-2-1-4-11(12)9-24-16/h1-7,16H,8-10H2,(H,20,21). The number of halogens is 2. The van der Waals surface area contributed by atoms with E-state index in [1.165, 1.54) is 0 Å². The van der Waals surface area contributed by atoms with Crippen LogP contribution in [-0.4, -0.2) is 14.3 Å². The predicted octanol–water partition coefficient (Wildman–Crippen LogP) is 2.57. The number of benzene rings is 2. The second-order valence-electron chi connectivity index (χ2n) is 5.69. The van der Waals surface area contributed by atoms with Crippen molar-refractivity contribution in [2.75, 3.05) is 0 Å². The van der Waals surface area contributed by atoms with E-state index in [4.69, 9.17) is 4.74 Å².